The second-order valence-corrected chi connectivity index (χ2v) is 10.5. The summed E-state index contributed by atoms with van der Waals surface area (Å²) in [7, 11) is 0. The third-order valence-electron chi connectivity index (χ3n) is 7.52. The topological polar surface area (TPSA) is 6.48 Å². The van der Waals surface area contributed by atoms with E-state index < -0.39 is 0 Å². The molecule has 0 spiro atoms. The highest BCUT2D eigenvalue weighted by Crippen LogP contribution is 2.44. The smallest absolute Gasteiger partial charge is 0.0497 e. The third kappa shape index (κ3) is 7.53. The molecule has 2 heteroatoms. The van der Waals surface area contributed by atoms with Gasteiger partial charge in [0, 0.05) is 34.1 Å². The molecule has 0 fully saturated rings. The highest BCUT2D eigenvalue weighted by Gasteiger charge is 2.22. The normalized spacial score (nSPS) is 11.1. The Balaban J connectivity index is 1.77. The number of anilines is 6. The molecular weight excluding hydrogens is 532 g/mol. The number of benzene rings is 5. The van der Waals surface area contributed by atoms with Crippen LogP contribution in [0.5, 0.6) is 0 Å². The zero-order chi connectivity index (χ0) is 30.4. The lowest BCUT2D eigenvalue weighted by Crippen LogP contribution is -2.16. The number of hydrogen-bond donors (Lipinski definition) is 0. The molecule has 2 nitrogen and oxygen atoms in total. The van der Waals surface area contributed by atoms with Crippen LogP contribution in [0.2, 0.25) is 0 Å². The Labute approximate surface area is 263 Å². The first kappa shape index (κ1) is 30.1. The molecule has 0 saturated carbocycles. The van der Waals surface area contributed by atoms with Crippen molar-refractivity contribution in [3.05, 3.63) is 194 Å². The van der Waals surface area contributed by atoms with Gasteiger partial charge in [-0.25, -0.2) is 0 Å². The average Bonchev–Trinajstić information content (AvgIpc) is 3.08. The second-order valence-electron chi connectivity index (χ2n) is 10.5. The Morgan fingerprint density at radius 3 is 1.00 bits per heavy atom. The van der Waals surface area contributed by atoms with Gasteiger partial charge in [0.15, 0.2) is 0 Å². The number of aryl methyl sites for hydroxylation is 2. The number of para-hydroxylation sites is 4. The van der Waals surface area contributed by atoms with Gasteiger partial charge in [0.2, 0.25) is 0 Å². The van der Waals surface area contributed by atoms with Crippen LogP contribution in [0.15, 0.2) is 183 Å². The fourth-order valence-electron chi connectivity index (χ4n) is 5.51. The molecule has 0 aromatic heterocycles. The molecule has 44 heavy (non-hydrogen) atoms. The fourth-order valence-corrected chi connectivity index (χ4v) is 5.51. The largest absolute Gasteiger partial charge is 0.310 e. The van der Waals surface area contributed by atoms with Crippen molar-refractivity contribution in [2.24, 2.45) is 0 Å². The first-order valence-corrected chi connectivity index (χ1v) is 15.3. The van der Waals surface area contributed by atoms with Gasteiger partial charge < -0.3 is 9.80 Å². The molecule has 0 N–H and O–H groups in total. The lowest BCUT2D eigenvalue weighted by Gasteiger charge is -2.32. The van der Waals surface area contributed by atoms with Crippen LogP contribution in [0.3, 0.4) is 0 Å². The maximum absolute atomic E-state index is 3.87. The molecule has 0 bridgehead atoms. The molecule has 0 aliphatic heterocycles. The summed E-state index contributed by atoms with van der Waals surface area (Å²) < 4.78 is 0. The lowest BCUT2D eigenvalue weighted by atomic mass is 9.96. The van der Waals surface area contributed by atoms with Gasteiger partial charge in [-0.3, -0.25) is 0 Å². The van der Waals surface area contributed by atoms with Crippen molar-refractivity contribution in [2.45, 2.75) is 25.7 Å². The predicted molar refractivity (Wildman–Crippen MR) is 191 cm³/mol. The quantitative estimate of drug-likeness (QED) is 0.122. The molecule has 0 aliphatic carbocycles. The van der Waals surface area contributed by atoms with Gasteiger partial charge >= 0.3 is 0 Å². The van der Waals surface area contributed by atoms with Gasteiger partial charge in [0.05, 0.1) is 0 Å². The van der Waals surface area contributed by atoms with Crippen LogP contribution in [-0.2, 0) is 12.8 Å². The van der Waals surface area contributed by atoms with Gasteiger partial charge in [-0.2, -0.15) is 0 Å². The highest BCUT2D eigenvalue weighted by atomic mass is 15.2. The van der Waals surface area contributed by atoms with Gasteiger partial charge in [-0.05, 0) is 97.5 Å². The summed E-state index contributed by atoms with van der Waals surface area (Å²) in [5, 5.41) is 0. The molecule has 5 aromatic rings. The molecule has 0 atom stereocenters. The van der Waals surface area contributed by atoms with Crippen molar-refractivity contribution >= 4 is 34.1 Å². The maximum Gasteiger partial charge on any atom is 0.0497 e. The van der Waals surface area contributed by atoms with E-state index in [0.717, 1.165) is 48.4 Å². The SMILES string of the molecule is C=C/C=C/CCc1cc(N(c2ccccc2)c2ccccc2)c(CC/C=C/C=C)cc1N(c1ccccc1)c1ccccc1. The molecular formula is C42H40N2. The monoisotopic (exact) mass is 572 g/mol. The van der Waals surface area contributed by atoms with Crippen LogP contribution in [0.4, 0.5) is 34.1 Å². The minimum Gasteiger partial charge on any atom is -0.310 e. The van der Waals surface area contributed by atoms with Crippen molar-refractivity contribution < 1.29 is 0 Å². The predicted octanol–water partition coefficient (Wildman–Crippen LogP) is 12.0. The summed E-state index contributed by atoms with van der Waals surface area (Å²) in [6.45, 7) is 7.75. The highest BCUT2D eigenvalue weighted by molar-refractivity contribution is 5.85. The molecule has 0 unspecified atom stereocenters. The van der Waals surface area contributed by atoms with Crippen LogP contribution < -0.4 is 9.80 Å². The van der Waals surface area contributed by atoms with E-state index in [0.29, 0.717) is 0 Å². The first-order valence-electron chi connectivity index (χ1n) is 15.3. The van der Waals surface area contributed by atoms with E-state index in [4.69, 9.17) is 0 Å². The van der Waals surface area contributed by atoms with Gasteiger partial charge in [-0.15, -0.1) is 0 Å². The number of hydrogen-bond acceptors (Lipinski definition) is 2. The first-order chi connectivity index (χ1) is 21.8. The fraction of sp³-hybridized carbons (Fsp3) is 0.0952. The van der Waals surface area contributed by atoms with E-state index >= 15 is 0 Å². The molecule has 0 amide bonds. The molecule has 0 saturated heterocycles. The van der Waals surface area contributed by atoms with E-state index in [1.54, 1.807) is 0 Å². The van der Waals surface area contributed by atoms with E-state index in [9.17, 15) is 0 Å². The Morgan fingerprint density at radius 2 is 0.727 bits per heavy atom. The summed E-state index contributed by atoms with van der Waals surface area (Å²) in [5.74, 6) is 0. The minimum absolute atomic E-state index is 0.886. The van der Waals surface area contributed by atoms with Crippen LogP contribution in [0, 0.1) is 0 Å². The van der Waals surface area contributed by atoms with E-state index in [-0.39, 0.29) is 0 Å². The molecule has 5 rings (SSSR count). The number of nitrogens with zero attached hydrogens (tertiary/aromatic N) is 2. The van der Waals surface area contributed by atoms with Crippen molar-refractivity contribution in [1.29, 1.82) is 0 Å². The van der Waals surface area contributed by atoms with Gasteiger partial charge in [0.1, 0.15) is 0 Å². The third-order valence-corrected chi connectivity index (χ3v) is 7.52. The molecule has 0 heterocycles. The van der Waals surface area contributed by atoms with Crippen molar-refractivity contribution in [3.8, 4) is 0 Å². The van der Waals surface area contributed by atoms with E-state index in [2.05, 4.69) is 169 Å². The van der Waals surface area contributed by atoms with Crippen LogP contribution in [0.1, 0.15) is 24.0 Å². The van der Waals surface area contributed by atoms with Crippen LogP contribution in [-0.4, -0.2) is 0 Å². The van der Waals surface area contributed by atoms with Crippen molar-refractivity contribution in [2.75, 3.05) is 9.80 Å². The van der Waals surface area contributed by atoms with E-state index in [1.165, 1.54) is 22.5 Å². The summed E-state index contributed by atoms with van der Waals surface area (Å²) in [5.41, 5.74) is 9.49. The molecule has 0 radical (unpaired) electrons. The Bertz CT molecular complexity index is 1460. The molecule has 0 aliphatic rings. The lowest BCUT2D eigenvalue weighted by molar-refractivity contribution is 0.966. The van der Waals surface area contributed by atoms with E-state index in [1.807, 2.05) is 24.3 Å². The van der Waals surface area contributed by atoms with Crippen molar-refractivity contribution in [1.82, 2.24) is 0 Å². The Morgan fingerprint density at radius 1 is 0.432 bits per heavy atom. The van der Waals surface area contributed by atoms with Gasteiger partial charge in [0.25, 0.3) is 0 Å². The maximum atomic E-state index is 3.87. The standard InChI is InChI=1S/C42H40N2/c1-3-5-7-13-23-35-33-42(44(39-29-19-11-20-30-39)40-31-21-12-22-32-40)36(24-14-8-6-4-2)34-41(35)43(37-25-15-9-16-26-37)38-27-17-10-18-28-38/h3-12,15-22,25-34H,1-2,13-14,23-24H2/b7-5+,8-6+. The van der Waals surface area contributed by atoms with Gasteiger partial charge in [-0.1, -0.05) is 122 Å². The molecule has 5 aromatic carbocycles. The van der Waals surface area contributed by atoms with Crippen LogP contribution in [0.25, 0.3) is 0 Å². The second kappa shape index (κ2) is 15.8. The minimum atomic E-state index is 0.886. The summed E-state index contributed by atoms with van der Waals surface area (Å²) in [6.07, 6.45) is 15.8. The zero-order valence-electron chi connectivity index (χ0n) is 25.3. The number of allylic oxidation sites excluding steroid dienone is 6. The van der Waals surface area contributed by atoms with Crippen LogP contribution >= 0.6 is 0 Å². The zero-order valence-corrected chi connectivity index (χ0v) is 25.3. The summed E-state index contributed by atoms with van der Waals surface area (Å²) in [4.78, 5) is 4.80. The summed E-state index contributed by atoms with van der Waals surface area (Å²) in [6, 6.07) is 47.5. The Kier molecular flexibility index (Phi) is 10.8. The number of rotatable bonds is 14. The average molecular weight is 573 g/mol. The molecule has 218 valence electrons. The van der Waals surface area contributed by atoms with Crippen molar-refractivity contribution in [3.63, 3.8) is 0 Å². The summed E-state index contributed by atoms with van der Waals surface area (Å²) >= 11 is 0. The Hall–Kier alpha value is -5.34.